The van der Waals surface area contributed by atoms with Gasteiger partial charge in [0.2, 0.25) is 11.9 Å². The molecule has 0 rings (SSSR count). The molecule has 0 radical (unpaired) electrons. The van der Waals surface area contributed by atoms with Gasteiger partial charge in [0.1, 0.15) is 0 Å². The third kappa shape index (κ3) is 6.37. The van der Waals surface area contributed by atoms with E-state index >= 15 is 0 Å². The van der Waals surface area contributed by atoms with Crippen molar-refractivity contribution >= 4 is 5.91 Å². The molecular weight excluding hydrogens is 292 g/mol. The number of rotatable bonds is 12. The first-order valence-corrected chi connectivity index (χ1v) is 8.55. The summed E-state index contributed by atoms with van der Waals surface area (Å²) in [6.07, 6.45) is 3.96. The van der Waals surface area contributed by atoms with Crippen molar-refractivity contribution < 1.29 is 9.53 Å². The maximum absolute atomic E-state index is 11.2. The lowest BCUT2D eigenvalue weighted by molar-refractivity contribution is -0.295. The molecule has 6 nitrogen and oxygen atoms in total. The van der Waals surface area contributed by atoms with Crippen LogP contribution in [-0.2, 0) is 9.53 Å². The average molecular weight is 331 g/mol. The van der Waals surface area contributed by atoms with Gasteiger partial charge in [-0.2, -0.15) is 0 Å². The summed E-state index contributed by atoms with van der Waals surface area (Å²) in [5.41, 5.74) is 5.37. The van der Waals surface area contributed by atoms with E-state index in [1.54, 1.807) is 0 Å². The first-order valence-electron chi connectivity index (χ1n) is 8.55. The fourth-order valence-electron chi connectivity index (χ4n) is 3.27. The van der Waals surface area contributed by atoms with Crippen LogP contribution in [0.2, 0.25) is 0 Å². The molecule has 0 aliphatic carbocycles. The maximum Gasteiger partial charge on any atom is 0.241 e. The van der Waals surface area contributed by atoms with E-state index in [0.29, 0.717) is 12.5 Å². The highest BCUT2D eigenvalue weighted by atomic mass is 16.6. The molecule has 0 spiro atoms. The molecule has 2 N–H and O–H groups in total. The van der Waals surface area contributed by atoms with Crippen molar-refractivity contribution in [3.8, 4) is 0 Å². The van der Waals surface area contributed by atoms with Crippen LogP contribution in [0.5, 0.6) is 0 Å². The molecule has 0 saturated heterocycles. The zero-order valence-electron chi connectivity index (χ0n) is 16.4. The van der Waals surface area contributed by atoms with Gasteiger partial charge in [-0.15, -0.1) is 0 Å². The smallest absolute Gasteiger partial charge is 0.241 e. The summed E-state index contributed by atoms with van der Waals surface area (Å²) in [6.45, 7) is 4.76. The topological polar surface area (TPSA) is 62.0 Å². The van der Waals surface area contributed by atoms with Crippen LogP contribution in [0.15, 0.2) is 0 Å². The lowest BCUT2D eigenvalue weighted by Crippen LogP contribution is -2.65. The van der Waals surface area contributed by atoms with E-state index in [4.69, 9.17) is 10.5 Å². The molecule has 6 heteroatoms. The molecule has 0 heterocycles. The van der Waals surface area contributed by atoms with Gasteiger partial charge in [-0.25, -0.2) is 0 Å². The van der Waals surface area contributed by atoms with Gasteiger partial charge >= 0.3 is 0 Å². The van der Waals surface area contributed by atoms with Gasteiger partial charge in [0.15, 0.2) is 0 Å². The molecule has 0 aromatic heterocycles. The minimum Gasteiger partial charge on any atom is -0.369 e. The van der Waals surface area contributed by atoms with Crippen molar-refractivity contribution in [1.29, 1.82) is 0 Å². The summed E-state index contributed by atoms with van der Waals surface area (Å²) in [7, 11) is 12.1. The molecular formula is C17H38N4O2. The van der Waals surface area contributed by atoms with Crippen LogP contribution in [-0.4, -0.2) is 75.5 Å². The number of ether oxygens (including phenoxy) is 1. The van der Waals surface area contributed by atoms with E-state index < -0.39 is 5.97 Å². The number of hydrogen-bond donors (Lipinski definition) is 1. The van der Waals surface area contributed by atoms with E-state index in [2.05, 4.69) is 21.6 Å². The van der Waals surface area contributed by atoms with Crippen molar-refractivity contribution in [2.45, 2.75) is 45.5 Å². The van der Waals surface area contributed by atoms with Gasteiger partial charge in [-0.3, -0.25) is 19.5 Å². The molecule has 1 amide bonds. The quantitative estimate of drug-likeness (QED) is 0.435. The van der Waals surface area contributed by atoms with Crippen molar-refractivity contribution in [3.05, 3.63) is 0 Å². The summed E-state index contributed by atoms with van der Waals surface area (Å²) < 4.78 is 6.25. The minimum atomic E-state index is -0.553. The van der Waals surface area contributed by atoms with Gasteiger partial charge in [0.05, 0.1) is 6.61 Å². The Hall–Kier alpha value is -0.690. The number of nitrogens with two attached hydrogens (primary N) is 1. The number of amides is 1. The van der Waals surface area contributed by atoms with Gasteiger partial charge in [0.25, 0.3) is 0 Å². The zero-order chi connectivity index (χ0) is 18.2. The fourth-order valence-corrected chi connectivity index (χ4v) is 3.27. The molecule has 2 unspecified atom stereocenters. The third-order valence-corrected chi connectivity index (χ3v) is 4.55. The Balaban J connectivity index is 4.52. The standard InChI is InChI=1S/C17H38N4O2/c1-9-15(13-14(2)16(18)22)11-10-12-23-17(19(3)4,20(5)6)21(7)8/h14-15H,9-13H2,1-8H3,(H2,18,22). The highest BCUT2D eigenvalue weighted by molar-refractivity contribution is 5.76. The highest BCUT2D eigenvalue weighted by Gasteiger charge is 2.39. The number of primary amides is 1. The predicted octanol–water partition coefficient (Wildman–Crippen LogP) is 1.62. The number of nitrogens with zero attached hydrogens (tertiary/aromatic N) is 3. The van der Waals surface area contributed by atoms with Crippen molar-refractivity contribution in [3.63, 3.8) is 0 Å². The fraction of sp³-hybridized carbons (Fsp3) is 0.941. The molecule has 23 heavy (non-hydrogen) atoms. The van der Waals surface area contributed by atoms with Crippen LogP contribution in [0.25, 0.3) is 0 Å². The summed E-state index contributed by atoms with van der Waals surface area (Å²) in [5, 5.41) is 0. The Morgan fingerprint density at radius 1 is 1.09 bits per heavy atom. The van der Waals surface area contributed by atoms with Gasteiger partial charge in [0, 0.05) is 5.92 Å². The van der Waals surface area contributed by atoms with Crippen LogP contribution in [0.1, 0.15) is 39.5 Å². The first kappa shape index (κ1) is 22.3. The Bertz CT molecular complexity index is 324. The second-order valence-electron chi connectivity index (χ2n) is 7.06. The summed E-state index contributed by atoms with van der Waals surface area (Å²) in [4.78, 5) is 17.4. The Morgan fingerprint density at radius 2 is 1.57 bits per heavy atom. The number of carbonyl (C=O) groups excluding carboxylic acids is 1. The Kier molecular flexibility index (Phi) is 9.93. The van der Waals surface area contributed by atoms with Crippen molar-refractivity contribution in [1.82, 2.24) is 14.7 Å². The summed E-state index contributed by atoms with van der Waals surface area (Å²) in [5.74, 6) is -0.284. The molecule has 0 saturated carbocycles. The predicted molar refractivity (Wildman–Crippen MR) is 95.7 cm³/mol. The highest BCUT2D eigenvalue weighted by Crippen LogP contribution is 2.23. The molecule has 0 aliphatic rings. The van der Waals surface area contributed by atoms with Crippen molar-refractivity contribution in [2.24, 2.45) is 17.6 Å². The summed E-state index contributed by atoms with van der Waals surface area (Å²) in [6, 6.07) is 0. The zero-order valence-corrected chi connectivity index (χ0v) is 16.4. The number of carbonyl (C=O) groups is 1. The second-order valence-corrected chi connectivity index (χ2v) is 7.06. The summed E-state index contributed by atoms with van der Waals surface area (Å²) >= 11 is 0. The monoisotopic (exact) mass is 330 g/mol. The average Bonchev–Trinajstić information content (AvgIpc) is 2.44. The largest absolute Gasteiger partial charge is 0.369 e. The van der Waals surface area contributed by atoms with Gasteiger partial charge < -0.3 is 10.5 Å². The molecule has 0 aromatic rings. The van der Waals surface area contributed by atoms with Crippen molar-refractivity contribution in [2.75, 3.05) is 48.9 Å². The Morgan fingerprint density at radius 3 is 1.91 bits per heavy atom. The SMILES string of the molecule is CCC(CCCOC(N(C)C)(N(C)C)N(C)C)CC(C)C(N)=O. The van der Waals surface area contributed by atoms with Crippen LogP contribution >= 0.6 is 0 Å². The molecule has 0 bridgehead atoms. The molecule has 0 fully saturated rings. The third-order valence-electron chi connectivity index (χ3n) is 4.55. The van der Waals surface area contributed by atoms with Gasteiger partial charge in [-0.05, 0) is 67.5 Å². The van der Waals surface area contributed by atoms with E-state index in [-0.39, 0.29) is 11.8 Å². The molecule has 0 aliphatic heterocycles. The van der Waals surface area contributed by atoms with E-state index in [0.717, 1.165) is 25.7 Å². The lowest BCUT2D eigenvalue weighted by atomic mass is 9.90. The number of hydrogen-bond acceptors (Lipinski definition) is 5. The molecule has 2 atom stereocenters. The maximum atomic E-state index is 11.2. The first-order chi connectivity index (χ1) is 10.6. The van der Waals surface area contributed by atoms with E-state index in [1.165, 1.54) is 0 Å². The minimum absolute atomic E-state index is 0.0507. The van der Waals surface area contributed by atoms with Gasteiger partial charge in [-0.1, -0.05) is 20.3 Å². The normalized spacial score (nSPS) is 15.4. The van der Waals surface area contributed by atoms with E-state index in [9.17, 15) is 4.79 Å². The van der Waals surface area contributed by atoms with Crippen LogP contribution in [0, 0.1) is 11.8 Å². The molecule has 0 aromatic carbocycles. The lowest BCUT2D eigenvalue weighted by Gasteiger charge is -2.48. The second kappa shape index (κ2) is 10.2. The molecule has 138 valence electrons. The van der Waals surface area contributed by atoms with E-state index in [1.807, 2.05) is 49.2 Å². The Labute approximate surface area is 142 Å². The van der Waals surface area contributed by atoms with Crippen LogP contribution < -0.4 is 5.73 Å². The van der Waals surface area contributed by atoms with Crippen LogP contribution in [0.3, 0.4) is 0 Å². The van der Waals surface area contributed by atoms with Crippen LogP contribution in [0.4, 0.5) is 0 Å².